The second-order valence-electron chi connectivity index (χ2n) is 5.74. The zero-order valence-electron chi connectivity index (χ0n) is 12.7. The summed E-state index contributed by atoms with van der Waals surface area (Å²) in [6, 6.07) is 7.55. The van der Waals surface area contributed by atoms with Gasteiger partial charge in [0.1, 0.15) is 5.41 Å². The van der Waals surface area contributed by atoms with Gasteiger partial charge in [0, 0.05) is 16.8 Å². The lowest BCUT2D eigenvalue weighted by Crippen LogP contribution is -2.35. The van der Waals surface area contributed by atoms with Crippen molar-refractivity contribution in [2.45, 2.75) is 12.8 Å². The smallest absolute Gasteiger partial charge is 0.240 e. The van der Waals surface area contributed by atoms with Gasteiger partial charge in [0.2, 0.25) is 11.8 Å². The fourth-order valence-electron chi connectivity index (χ4n) is 2.34. The minimum Gasteiger partial charge on any atom is -0.325 e. The summed E-state index contributed by atoms with van der Waals surface area (Å²) in [4.78, 5) is 24.9. The van der Waals surface area contributed by atoms with Crippen LogP contribution in [0.5, 0.6) is 0 Å². The van der Waals surface area contributed by atoms with Gasteiger partial charge in [-0.15, -0.1) is 0 Å². The van der Waals surface area contributed by atoms with E-state index in [0.29, 0.717) is 23.6 Å². The van der Waals surface area contributed by atoms with Gasteiger partial charge in [0.15, 0.2) is 11.6 Å². The van der Waals surface area contributed by atoms with Crippen molar-refractivity contribution < 1.29 is 18.4 Å². The number of anilines is 2. The predicted octanol–water partition coefficient (Wildman–Crippen LogP) is 4.63. The number of carbonyl (C=O) groups is 2. The summed E-state index contributed by atoms with van der Waals surface area (Å²) in [5.74, 6) is -3.23. The van der Waals surface area contributed by atoms with E-state index in [1.165, 1.54) is 18.2 Å². The van der Waals surface area contributed by atoms with Gasteiger partial charge in [-0.05, 0) is 43.2 Å². The lowest BCUT2D eigenvalue weighted by Gasteiger charge is -2.16. The molecule has 0 radical (unpaired) electrons. The Kier molecular flexibility index (Phi) is 4.67. The highest BCUT2D eigenvalue weighted by molar-refractivity contribution is 6.36. The molecule has 8 heteroatoms. The first-order chi connectivity index (χ1) is 11.8. The Morgan fingerprint density at radius 1 is 0.920 bits per heavy atom. The summed E-state index contributed by atoms with van der Waals surface area (Å²) < 4.78 is 26.2. The molecule has 1 aliphatic carbocycles. The maximum atomic E-state index is 13.2. The molecule has 0 unspecified atom stereocenters. The van der Waals surface area contributed by atoms with Gasteiger partial charge in [-0.3, -0.25) is 9.59 Å². The summed E-state index contributed by atoms with van der Waals surface area (Å²) >= 11 is 11.9. The van der Waals surface area contributed by atoms with Crippen molar-refractivity contribution in [1.82, 2.24) is 0 Å². The molecule has 1 fully saturated rings. The Labute approximate surface area is 152 Å². The molecule has 0 aliphatic heterocycles. The fraction of sp³-hybridized carbons (Fsp3) is 0.176. The van der Waals surface area contributed by atoms with Crippen molar-refractivity contribution in [3.8, 4) is 0 Å². The van der Waals surface area contributed by atoms with Crippen molar-refractivity contribution in [2.75, 3.05) is 10.6 Å². The number of hydrogen-bond acceptors (Lipinski definition) is 2. The standard InChI is InChI=1S/C17H12Cl2F2N2O2/c18-9-1-3-11(19)14(7-9)23-16(25)17(5-6-17)15(24)22-10-2-4-12(20)13(21)8-10/h1-4,7-8H,5-6H2,(H,22,24)(H,23,25). The zero-order valence-corrected chi connectivity index (χ0v) is 14.2. The van der Waals surface area contributed by atoms with E-state index >= 15 is 0 Å². The number of hydrogen-bond donors (Lipinski definition) is 2. The second-order valence-corrected chi connectivity index (χ2v) is 6.59. The first-order valence-corrected chi connectivity index (χ1v) is 8.10. The maximum Gasteiger partial charge on any atom is 0.240 e. The van der Waals surface area contributed by atoms with Crippen molar-refractivity contribution in [1.29, 1.82) is 0 Å². The summed E-state index contributed by atoms with van der Waals surface area (Å²) in [6.07, 6.45) is 0.680. The lowest BCUT2D eigenvalue weighted by atomic mass is 10.0. The van der Waals surface area contributed by atoms with Crippen molar-refractivity contribution in [3.63, 3.8) is 0 Å². The topological polar surface area (TPSA) is 58.2 Å². The van der Waals surface area contributed by atoms with Crippen molar-refractivity contribution in [2.24, 2.45) is 5.41 Å². The van der Waals surface area contributed by atoms with Crippen LogP contribution in [0.1, 0.15) is 12.8 Å². The molecule has 4 nitrogen and oxygen atoms in total. The van der Waals surface area contributed by atoms with E-state index in [4.69, 9.17) is 23.2 Å². The minimum atomic E-state index is -1.27. The Morgan fingerprint density at radius 2 is 1.60 bits per heavy atom. The van der Waals surface area contributed by atoms with Crippen molar-refractivity contribution in [3.05, 3.63) is 58.1 Å². The average Bonchev–Trinajstić information content (AvgIpc) is 3.36. The third kappa shape index (κ3) is 3.60. The molecule has 2 N–H and O–H groups in total. The van der Waals surface area contributed by atoms with E-state index in [1.807, 2.05) is 0 Å². The van der Waals surface area contributed by atoms with Crippen LogP contribution in [0.3, 0.4) is 0 Å². The average molecular weight is 385 g/mol. The van der Waals surface area contributed by atoms with Gasteiger partial charge in [-0.1, -0.05) is 23.2 Å². The molecule has 2 amide bonds. The number of nitrogens with one attached hydrogen (secondary N) is 2. The third-order valence-corrected chi connectivity index (χ3v) is 4.54. The van der Waals surface area contributed by atoms with Gasteiger partial charge in [-0.2, -0.15) is 0 Å². The van der Waals surface area contributed by atoms with E-state index in [2.05, 4.69) is 10.6 Å². The number of amides is 2. The highest BCUT2D eigenvalue weighted by atomic mass is 35.5. The Bertz CT molecular complexity index is 870. The van der Waals surface area contributed by atoms with E-state index in [0.717, 1.165) is 12.1 Å². The minimum absolute atomic E-state index is 0.0729. The fourth-order valence-corrected chi connectivity index (χ4v) is 2.68. The maximum absolute atomic E-state index is 13.2. The molecular weight excluding hydrogens is 373 g/mol. The van der Waals surface area contributed by atoms with E-state index in [-0.39, 0.29) is 10.7 Å². The number of benzene rings is 2. The van der Waals surface area contributed by atoms with Gasteiger partial charge >= 0.3 is 0 Å². The van der Waals surface area contributed by atoms with Gasteiger partial charge < -0.3 is 10.6 Å². The molecule has 3 rings (SSSR count). The Morgan fingerprint density at radius 3 is 2.24 bits per heavy atom. The summed E-state index contributed by atoms with van der Waals surface area (Å²) in [7, 11) is 0. The van der Waals surface area contributed by atoms with E-state index < -0.39 is 28.9 Å². The highest BCUT2D eigenvalue weighted by Crippen LogP contribution is 2.48. The molecule has 0 aromatic heterocycles. The molecule has 2 aromatic rings. The SMILES string of the molecule is O=C(Nc1ccc(F)c(F)c1)C1(C(=O)Nc2cc(Cl)ccc2Cl)CC1. The molecular formula is C17H12Cl2F2N2O2. The zero-order chi connectivity index (χ0) is 18.2. The van der Waals surface area contributed by atoms with Crippen LogP contribution >= 0.6 is 23.2 Å². The number of rotatable bonds is 4. The van der Waals surface area contributed by atoms with E-state index in [1.54, 1.807) is 6.07 Å². The quantitative estimate of drug-likeness (QED) is 0.755. The van der Waals surface area contributed by atoms with Crippen LogP contribution in [-0.4, -0.2) is 11.8 Å². The van der Waals surface area contributed by atoms with Crippen LogP contribution in [0.25, 0.3) is 0 Å². The lowest BCUT2D eigenvalue weighted by molar-refractivity contribution is -0.131. The van der Waals surface area contributed by atoms with Gasteiger partial charge in [0.05, 0.1) is 10.7 Å². The summed E-state index contributed by atoms with van der Waals surface area (Å²) in [6.45, 7) is 0. The van der Waals surface area contributed by atoms with Crippen LogP contribution in [0.15, 0.2) is 36.4 Å². The summed E-state index contributed by atoms with van der Waals surface area (Å²) in [5.41, 5.74) is -0.897. The molecule has 0 atom stereocenters. The van der Waals surface area contributed by atoms with Crippen molar-refractivity contribution >= 4 is 46.4 Å². The van der Waals surface area contributed by atoms with Crippen LogP contribution in [0, 0.1) is 17.0 Å². The van der Waals surface area contributed by atoms with Gasteiger partial charge in [0.25, 0.3) is 0 Å². The van der Waals surface area contributed by atoms with E-state index in [9.17, 15) is 18.4 Å². The molecule has 0 saturated heterocycles. The van der Waals surface area contributed by atoms with Crippen LogP contribution < -0.4 is 10.6 Å². The Hall–Kier alpha value is -2.18. The molecule has 2 aromatic carbocycles. The number of carbonyl (C=O) groups excluding carboxylic acids is 2. The van der Waals surface area contributed by atoms with Gasteiger partial charge in [-0.25, -0.2) is 8.78 Å². The first kappa shape index (κ1) is 17.6. The van der Waals surface area contributed by atoms with Crippen LogP contribution in [-0.2, 0) is 9.59 Å². The Balaban J connectivity index is 1.74. The molecule has 130 valence electrons. The summed E-state index contributed by atoms with van der Waals surface area (Å²) in [5, 5.41) is 5.70. The monoisotopic (exact) mass is 384 g/mol. The largest absolute Gasteiger partial charge is 0.325 e. The third-order valence-electron chi connectivity index (χ3n) is 3.97. The first-order valence-electron chi connectivity index (χ1n) is 7.35. The molecule has 0 heterocycles. The number of halogens is 4. The van der Waals surface area contributed by atoms with Crippen LogP contribution in [0.2, 0.25) is 10.0 Å². The molecule has 1 saturated carbocycles. The second kappa shape index (κ2) is 6.61. The molecule has 0 spiro atoms. The predicted molar refractivity (Wildman–Crippen MR) is 91.7 cm³/mol. The molecule has 0 bridgehead atoms. The van der Waals surface area contributed by atoms with Crippen LogP contribution in [0.4, 0.5) is 20.2 Å². The highest BCUT2D eigenvalue weighted by Gasteiger charge is 2.56. The molecule has 25 heavy (non-hydrogen) atoms. The molecule has 1 aliphatic rings. The normalized spacial score (nSPS) is 14.7.